The van der Waals surface area contributed by atoms with Gasteiger partial charge in [-0.2, -0.15) is 0 Å². The van der Waals surface area contributed by atoms with Crippen LogP contribution in [0.2, 0.25) is 5.02 Å². The molecule has 0 aromatic heterocycles. The molecule has 4 aromatic rings. The fourth-order valence-electron chi connectivity index (χ4n) is 4.23. The smallest absolute Gasteiger partial charge is 0.407 e. The number of hydrogen-bond acceptors (Lipinski definition) is 4. The Morgan fingerprint density at radius 3 is 2.18 bits per heavy atom. The van der Waals surface area contributed by atoms with E-state index in [2.05, 4.69) is 47.0 Å². The summed E-state index contributed by atoms with van der Waals surface area (Å²) >= 11 is 6.31. The van der Waals surface area contributed by atoms with Crippen molar-refractivity contribution >= 4 is 23.4 Å². The fraction of sp³-hybridized carbons (Fsp3) is 0.242. The maximum absolute atomic E-state index is 11.8. The molecule has 1 amide bonds. The molecule has 6 heteroatoms. The van der Waals surface area contributed by atoms with Crippen LogP contribution in [0.4, 0.5) is 10.5 Å². The molecule has 0 aliphatic rings. The topological polar surface area (TPSA) is 70.6 Å². The van der Waals surface area contributed by atoms with Gasteiger partial charge in [-0.1, -0.05) is 90.5 Å². The zero-order chi connectivity index (χ0) is 27.8. The maximum Gasteiger partial charge on any atom is 0.407 e. The average molecular weight is 543 g/mol. The first-order chi connectivity index (χ1) is 18.7. The van der Waals surface area contributed by atoms with E-state index < -0.39 is 17.8 Å². The minimum atomic E-state index is -0.847. The fourth-order valence-corrected chi connectivity index (χ4v) is 4.41. The third kappa shape index (κ3) is 8.34. The summed E-state index contributed by atoms with van der Waals surface area (Å²) in [5.74, 6) is 0. The Balaban J connectivity index is 1.38. The molecule has 0 bridgehead atoms. The number of carbonyl (C=O) groups is 1. The lowest BCUT2D eigenvalue weighted by molar-refractivity contribution is 0.0528. The molecular weight excluding hydrogens is 508 g/mol. The Bertz CT molecular complexity index is 1370. The van der Waals surface area contributed by atoms with Gasteiger partial charge in [-0.15, -0.1) is 0 Å². The standard InChI is InChI=1S/C33H35ClN2O3/c1-33(2,3)39-32(38)35-20-19-23-9-15-27(16-10-23)31(37)29-21-28(34)17-18-30(29)36-22-24-11-13-26(14-12-24)25-7-5-4-6-8-25/h4-18,21,31,36-37H,19-20,22H2,1-3H3,(H,35,38). The molecule has 0 fully saturated rings. The normalized spacial score (nSPS) is 12.0. The van der Waals surface area contributed by atoms with Crippen molar-refractivity contribution < 1.29 is 14.6 Å². The Kier molecular flexibility index (Phi) is 9.28. The molecule has 0 saturated carbocycles. The summed E-state index contributed by atoms with van der Waals surface area (Å²) in [5, 5.41) is 18.0. The molecule has 0 spiro atoms. The van der Waals surface area contributed by atoms with Crippen LogP contribution in [-0.2, 0) is 17.7 Å². The average Bonchev–Trinajstić information content (AvgIpc) is 2.92. The first-order valence-electron chi connectivity index (χ1n) is 13.1. The number of nitrogens with one attached hydrogen (secondary N) is 2. The first kappa shape index (κ1) is 28.2. The van der Waals surface area contributed by atoms with Crippen molar-refractivity contribution in [1.82, 2.24) is 5.32 Å². The Labute approximate surface area is 235 Å². The van der Waals surface area contributed by atoms with Gasteiger partial charge in [-0.3, -0.25) is 0 Å². The minimum absolute atomic E-state index is 0.428. The van der Waals surface area contributed by atoms with Crippen LogP contribution in [0.15, 0.2) is 97.1 Å². The van der Waals surface area contributed by atoms with Gasteiger partial charge in [0, 0.05) is 29.4 Å². The van der Waals surface area contributed by atoms with Gasteiger partial charge >= 0.3 is 6.09 Å². The highest BCUT2D eigenvalue weighted by Gasteiger charge is 2.17. The van der Waals surface area contributed by atoms with Gasteiger partial charge in [0.1, 0.15) is 11.7 Å². The van der Waals surface area contributed by atoms with Crippen molar-refractivity contribution in [2.45, 2.75) is 45.4 Å². The number of carbonyl (C=O) groups excluding carboxylic acids is 1. The number of halogens is 1. The molecule has 202 valence electrons. The summed E-state index contributed by atoms with van der Waals surface area (Å²) in [6.45, 7) is 6.58. The van der Waals surface area contributed by atoms with Gasteiger partial charge in [-0.05, 0) is 73.2 Å². The summed E-state index contributed by atoms with van der Waals surface area (Å²) in [4.78, 5) is 11.8. The second-order valence-corrected chi connectivity index (χ2v) is 10.9. The molecule has 1 atom stereocenters. The predicted octanol–water partition coefficient (Wildman–Crippen LogP) is 7.77. The van der Waals surface area contributed by atoms with Gasteiger partial charge in [0.25, 0.3) is 0 Å². The number of anilines is 1. The van der Waals surface area contributed by atoms with Crippen molar-refractivity contribution in [2.24, 2.45) is 0 Å². The highest BCUT2D eigenvalue weighted by atomic mass is 35.5. The molecule has 3 N–H and O–H groups in total. The number of aliphatic hydroxyl groups is 1. The van der Waals surface area contributed by atoms with E-state index in [0.29, 0.717) is 30.1 Å². The summed E-state index contributed by atoms with van der Waals surface area (Å²) < 4.78 is 5.27. The largest absolute Gasteiger partial charge is 0.444 e. The van der Waals surface area contributed by atoms with E-state index >= 15 is 0 Å². The van der Waals surface area contributed by atoms with Crippen LogP contribution < -0.4 is 10.6 Å². The van der Waals surface area contributed by atoms with Crippen molar-refractivity contribution in [1.29, 1.82) is 0 Å². The summed E-state index contributed by atoms with van der Waals surface area (Å²) in [7, 11) is 0. The van der Waals surface area contributed by atoms with Crippen LogP contribution in [0.3, 0.4) is 0 Å². The molecule has 4 rings (SSSR count). The summed E-state index contributed by atoms with van der Waals surface area (Å²) in [6.07, 6.45) is -0.619. The number of amides is 1. The SMILES string of the molecule is CC(C)(C)OC(=O)NCCc1ccc(C(O)c2cc(Cl)ccc2NCc2ccc(-c3ccccc3)cc2)cc1. The van der Waals surface area contributed by atoms with Crippen LogP contribution in [0.1, 0.15) is 49.1 Å². The molecule has 0 aliphatic heterocycles. The number of alkyl carbamates (subject to hydrolysis) is 1. The number of hydrogen-bond donors (Lipinski definition) is 3. The van der Waals surface area contributed by atoms with E-state index in [1.807, 2.05) is 75.4 Å². The quantitative estimate of drug-likeness (QED) is 0.202. The zero-order valence-electron chi connectivity index (χ0n) is 22.6. The van der Waals surface area contributed by atoms with Crippen LogP contribution in [0.5, 0.6) is 0 Å². The van der Waals surface area contributed by atoms with Crippen molar-refractivity contribution in [3.63, 3.8) is 0 Å². The molecule has 0 radical (unpaired) electrons. The zero-order valence-corrected chi connectivity index (χ0v) is 23.3. The molecule has 39 heavy (non-hydrogen) atoms. The summed E-state index contributed by atoms with van der Waals surface area (Å²) in [5.41, 5.74) is 6.31. The van der Waals surface area contributed by atoms with E-state index in [4.69, 9.17) is 16.3 Å². The van der Waals surface area contributed by atoms with Gasteiger partial charge < -0.3 is 20.5 Å². The first-order valence-corrected chi connectivity index (χ1v) is 13.5. The molecule has 0 heterocycles. The van der Waals surface area contributed by atoms with E-state index in [1.54, 1.807) is 6.07 Å². The highest BCUT2D eigenvalue weighted by Crippen LogP contribution is 2.31. The predicted molar refractivity (Wildman–Crippen MR) is 159 cm³/mol. The van der Waals surface area contributed by atoms with Crippen molar-refractivity contribution in [3.8, 4) is 11.1 Å². The van der Waals surface area contributed by atoms with E-state index in [-0.39, 0.29) is 0 Å². The number of rotatable bonds is 9. The van der Waals surface area contributed by atoms with Crippen LogP contribution in [-0.4, -0.2) is 23.3 Å². The van der Waals surface area contributed by atoms with Crippen LogP contribution in [0.25, 0.3) is 11.1 Å². The van der Waals surface area contributed by atoms with Crippen LogP contribution in [0, 0.1) is 0 Å². The molecule has 5 nitrogen and oxygen atoms in total. The van der Waals surface area contributed by atoms with E-state index in [1.165, 1.54) is 11.1 Å². The van der Waals surface area contributed by atoms with E-state index in [0.717, 1.165) is 22.4 Å². The van der Waals surface area contributed by atoms with E-state index in [9.17, 15) is 9.90 Å². The van der Waals surface area contributed by atoms with Gasteiger partial charge in [0.05, 0.1) is 0 Å². The van der Waals surface area contributed by atoms with Crippen LogP contribution >= 0.6 is 11.6 Å². The second kappa shape index (κ2) is 12.8. The lowest BCUT2D eigenvalue weighted by atomic mass is 9.98. The van der Waals surface area contributed by atoms with Gasteiger partial charge in [0.15, 0.2) is 0 Å². The number of ether oxygens (including phenoxy) is 1. The van der Waals surface area contributed by atoms with Crippen molar-refractivity contribution in [3.05, 3.63) is 124 Å². The third-order valence-electron chi connectivity index (χ3n) is 6.23. The van der Waals surface area contributed by atoms with Gasteiger partial charge in [0.2, 0.25) is 0 Å². The highest BCUT2D eigenvalue weighted by molar-refractivity contribution is 6.30. The molecule has 0 saturated heterocycles. The molecule has 1 unspecified atom stereocenters. The maximum atomic E-state index is 11.8. The van der Waals surface area contributed by atoms with Crippen molar-refractivity contribution in [2.75, 3.05) is 11.9 Å². The van der Waals surface area contributed by atoms with Gasteiger partial charge in [-0.25, -0.2) is 4.79 Å². The monoisotopic (exact) mass is 542 g/mol. The Hall–Kier alpha value is -3.80. The lowest BCUT2D eigenvalue weighted by Crippen LogP contribution is -2.33. The number of aliphatic hydroxyl groups excluding tert-OH is 1. The summed E-state index contributed by atoms with van der Waals surface area (Å²) in [6, 6.07) is 32.0. The minimum Gasteiger partial charge on any atom is -0.444 e. The Morgan fingerprint density at radius 1 is 0.872 bits per heavy atom. The second-order valence-electron chi connectivity index (χ2n) is 10.5. The Morgan fingerprint density at radius 2 is 1.51 bits per heavy atom. The molecular formula is C33H35ClN2O3. The molecule has 0 aliphatic carbocycles. The third-order valence-corrected chi connectivity index (χ3v) is 6.46. The number of benzene rings is 4. The molecule has 4 aromatic carbocycles. The lowest BCUT2D eigenvalue weighted by Gasteiger charge is -2.20.